The van der Waals surface area contributed by atoms with E-state index >= 15 is 0 Å². The van der Waals surface area contributed by atoms with E-state index in [1.165, 1.54) is 0 Å². The number of hydrogen-bond acceptors (Lipinski definition) is 4. The van der Waals surface area contributed by atoms with E-state index in [1.807, 2.05) is 43.4 Å². The Hall–Kier alpha value is -0.920. The Morgan fingerprint density at radius 3 is 2.68 bits per heavy atom. The number of carbonyl (C=O) groups is 1. The van der Waals surface area contributed by atoms with Crippen LogP contribution in [0.15, 0.2) is 12.1 Å². The molecular weight excluding hydrogens is 364 g/mol. The minimum Gasteiger partial charge on any atom is -0.478 e. The molecule has 106 valence electrons. The van der Waals surface area contributed by atoms with Gasteiger partial charge in [-0.25, -0.2) is 0 Å². The average Bonchev–Trinajstić information content (AvgIpc) is 2.27. The van der Waals surface area contributed by atoms with Gasteiger partial charge in [0.2, 0.25) is 11.8 Å². The largest absolute Gasteiger partial charge is 0.478 e. The fourth-order valence-corrected chi connectivity index (χ4v) is 1.57. The van der Waals surface area contributed by atoms with E-state index in [9.17, 15) is 9.18 Å². The summed E-state index contributed by atoms with van der Waals surface area (Å²) >= 11 is 1.85. The van der Waals surface area contributed by atoms with E-state index < -0.39 is 11.5 Å². The van der Waals surface area contributed by atoms with Gasteiger partial charge in [-0.1, -0.05) is 0 Å². The molecule has 0 aromatic carbocycles. The van der Waals surface area contributed by atoms with Crippen molar-refractivity contribution >= 4 is 28.6 Å². The van der Waals surface area contributed by atoms with Crippen molar-refractivity contribution in [1.29, 1.82) is 0 Å². The molecule has 1 rings (SSSR count). The van der Waals surface area contributed by atoms with E-state index in [0.717, 1.165) is 0 Å². The van der Waals surface area contributed by atoms with Crippen LogP contribution in [0.1, 0.15) is 33.6 Å². The second-order valence-electron chi connectivity index (χ2n) is 4.96. The molecule has 19 heavy (non-hydrogen) atoms. The maximum atomic E-state index is 13.1. The van der Waals surface area contributed by atoms with Crippen LogP contribution < -0.4 is 4.74 Å². The third-order valence-corrected chi connectivity index (χ3v) is 2.78. The lowest BCUT2D eigenvalue weighted by Crippen LogP contribution is -2.24. The Morgan fingerprint density at radius 1 is 1.42 bits per heavy atom. The van der Waals surface area contributed by atoms with Gasteiger partial charge in [0.05, 0.1) is 10.2 Å². The van der Waals surface area contributed by atoms with Crippen LogP contribution in [0.3, 0.4) is 0 Å². The van der Waals surface area contributed by atoms with Crippen molar-refractivity contribution in [3.8, 4) is 5.88 Å². The molecule has 0 aliphatic carbocycles. The monoisotopic (exact) mass is 381 g/mol. The third-order valence-electron chi connectivity index (χ3n) is 1.97. The van der Waals surface area contributed by atoms with Crippen molar-refractivity contribution in [3.63, 3.8) is 0 Å². The van der Waals surface area contributed by atoms with E-state index in [2.05, 4.69) is 4.98 Å². The van der Waals surface area contributed by atoms with E-state index in [-0.39, 0.29) is 18.3 Å². The molecule has 0 spiro atoms. The zero-order valence-corrected chi connectivity index (χ0v) is 13.4. The van der Waals surface area contributed by atoms with E-state index in [4.69, 9.17) is 9.47 Å². The summed E-state index contributed by atoms with van der Waals surface area (Å²) in [5, 5.41) is 0. The van der Waals surface area contributed by atoms with Crippen LogP contribution >= 0.6 is 22.6 Å². The fourth-order valence-electron chi connectivity index (χ4n) is 1.27. The number of aromatic nitrogens is 1. The molecule has 0 unspecified atom stereocenters. The van der Waals surface area contributed by atoms with Crippen LogP contribution in [0.4, 0.5) is 4.39 Å². The standard InChI is InChI=1S/C13H17FINO3/c1-13(2,3)19-11(17)5-4-8-18-10-7-6-9(15)12(14)16-10/h6-7H,4-5,8H2,1-3H3. The average molecular weight is 381 g/mol. The number of nitrogens with zero attached hydrogens (tertiary/aromatic N) is 1. The van der Waals surface area contributed by atoms with Gasteiger partial charge < -0.3 is 9.47 Å². The first kappa shape index (κ1) is 16.1. The Balaban J connectivity index is 2.27. The minimum absolute atomic E-state index is 0.224. The van der Waals surface area contributed by atoms with Gasteiger partial charge in [-0.15, -0.1) is 0 Å². The molecule has 0 saturated carbocycles. The van der Waals surface area contributed by atoms with Gasteiger partial charge in [0.15, 0.2) is 0 Å². The van der Waals surface area contributed by atoms with Crippen LogP contribution in [-0.4, -0.2) is 23.2 Å². The summed E-state index contributed by atoms with van der Waals surface area (Å²) in [6, 6.07) is 3.18. The van der Waals surface area contributed by atoms with Gasteiger partial charge in [0.25, 0.3) is 0 Å². The summed E-state index contributed by atoms with van der Waals surface area (Å²) in [7, 11) is 0. The number of halogens is 2. The number of rotatable bonds is 5. The lowest BCUT2D eigenvalue weighted by Gasteiger charge is -2.19. The molecule has 4 nitrogen and oxygen atoms in total. The lowest BCUT2D eigenvalue weighted by molar-refractivity contribution is -0.155. The van der Waals surface area contributed by atoms with Crippen LogP contribution in [0, 0.1) is 9.52 Å². The first-order valence-corrected chi connectivity index (χ1v) is 7.02. The van der Waals surface area contributed by atoms with Crippen molar-refractivity contribution in [2.45, 2.75) is 39.2 Å². The summed E-state index contributed by atoms with van der Waals surface area (Å²) in [5.74, 6) is -0.592. The van der Waals surface area contributed by atoms with Crippen molar-refractivity contribution in [3.05, 3.63) is 21.7 Å². The van der Waals surface area contributed by atoms with Crippen LogP contribution in [0.2, 0.25) is 0 Å². The molecule has 0 aliphatic heterocycles. The molecule has 0 fully saturated rings. The number of hydrogen-bond donors (Lipinski definition) is 0. The topological polar surface area (TPSA) is 48.4 Å². The molecule has 0 amide bonds. The van der Waals surface area contributed by atoms with Crippen LogP contribution in [0.25, 0.3) is 0 Å². The van der Waals surface area contributed by atoms with Gasteiger partial charge in [-0.05, 0) is 55.8 Å². The van der Waals surface area contributed by atoms with Crippen LogP contribution in [-0.2, 0) is 9.53 Å². The molecule has 6 heteroatoms. The van der Waals surface area contributed by atoms with Gasteiger partial charge in [0, 0.05) is 12.5 Å². The first-order valence-electron chi connectivity index (χ1n) is 5.94. The number of pyridine rings is 1. The number of ether oxygens (including phenoxy) is 2. The highest BCUT2D eigenvalue weighted by Gasteiger charge is 2.15. The molecule has 0 saturated heterocycles. The molecule has 0 N–H and O–H groups in total. The SMILES string of the molecule is CC(C)(C)OC(=O)CCCOc1ccc(I)c(F)n1. The summed E-state index contributed by atoms with van der Waals surface area (Å²) < 4.78 is 24.0. The maximum absolute atomic E-state index is 13.1. The molecule has 1 aromatic heterocycles. The third kappa shape index (κ3) is 6.70. The van der Waals surface area contributed by atoms with Crippen molar-refractivity contribution in [2.24, 2.45) is 0 Å². The van der Waals surface area contributed by atoms with Crippen molar-refractivity contribution < 1.29 is 18.7 Å². The summed E-state index contributed by atoms with van der Waals surface area (Å²) in [6.45, 7) is 5.76. The smallest absolute Gasteiger partial charge is 0.306 e. The molecule has 0 atom stereocenters. The fraction of sp³-hybridized carbons (Fsp3) is 0.538. The Kier molecular flexibility index (Phi) is 5.96. The molecule has 1 aromatic rings. The first-order chi connectivity index (χ1) is 8.78. The van der Waals surface area contributed by atoms with Gasteiger partial charge >= 0.3 is 5.97 Å². The second-order valence-corrected chi connectivity index (χ2v) is 6.12. The Labute approximate surface area is 125 Å². The second kappa shape index (κ2) is 7.02. The quantitative estimate of drug-likeness (QED) is 0.340. The molecule has 0 aliphatic rings. The summed E-state index contributed by atoms with van der Waals surface area (Å²) in [5.41, 5.74) is -0.473. The Morgan fingerprint density at radius 2 is 2.11 bits per heavy atom. The molecular formula is C13H17FINO3. The normalized spacial score (nSPS) is 11.2. The van der Waals surface area contributed by atoms with Crippen molar-refractivity contribution in [1.82, 2.24) is 4.98 Å². The van der Waals surface area contributed by atoms with E-state index in [1.54, 1.807) is 12.1 Å². The predicted octanol–water partition coefficient (Wildman–Crippen LogP) is 3.33. The lowest BCUT2D eigenvalue weighted by atomic mass is 10.2. The van der Waals surface area contributed by atoms with Gasteiger partial charge in [0.1, 0.15) is 5.60 Å². The number of esters is 1. The highest BCUT2D eigenvalue weighted by atomic mass is 127. The maximum Gasteiger partial charge on any atom is 0.306 e. The van der Waals surface area contributed by atoms with E-state index in [0.29, 0.717) is 16.6 Å². The minimum atomic E-state index is -0.551. The zero-order valence-electron chi connectivity index (χ0n) is 11.2. The highest BCUT2D eigenvalue weighted by Crippen LogP contribution is 2.14. The zero-order chi connectivity index (χ0) is 14.5. The molecule has 1 heterocycles. The summed E-state index contributed by atoms with van der Waals surface area (Å²) in [4.78, 5) is 15.1. The molecule has 0 bridgehead atoms. The summed E-state index contributed by atoms with van der Waals surface area (Å²) in [6.07, 6.45) is 0.772. The number of carbonyl (C=O) groups excluding carboxylic acids is 1. The van der Waals surface area contributed by atoms with Gasteiger partial charge in [-0.3, -0.25) is 4.79 Å². The van der Waals surface area contributed by atoms with Crippen molar-refractivity contribution in [2.75, 3.05) is 6.61 Å². The van der Waals surface area contributed by atoms with Gasteiger partial charge in [-0.2, -0.15) is 9.37 Å². The predicted molar refractivity (Wildman–Crippen MR) is 77.5 cm³/mol. The Bertz CT molecular complexity index is 446. The highest BCUT2D eigenvalue weighted by molar-refractivity contribution is 14.1. The molecule has 0 radical (unpaired) electrons. The van der Waals surface area contributed by atoms with Crippen LogP contribution in [0.5, 0.6) is 5.88 Å².